The summed E-state index contributed by atoms with van der Waals surface area (Å²) in [5, 5.41) is 7.40. The number of nitrogens with zero attached hydrogens (tertiary/aromatic N) is 4. The fraction of sp³-hybridized carbons (Fsp3) is 0.545. The van der Waals surface area contributed by atoms with Crippen LogP contribution < -0.4 is 15.8 Å². The molecule has 3 heterocycles. The number of aromatic amines is 1. The molecule has 0 atom stereocenters. The van der Waals surface area contributed by atoms with Crippen molar-refractivity contribution in [1.29, 1.82) is 0 Å². The van der Waals surface area contributed by atoms with Crippen LogP contribution in [0.2, 0.25) is 0 Å². The zero-order valence-electron chi connectivity index (χ0n) is 10.5. The quantitative estimate of drug-likeness (QED) is 0.707. The van der Waals surface area contributed by atoms with Crippen molar-refractivity contribution in [3.8, 4) is 0 Å². The fourth-order valence-electron chi connectivity index (χ4n) is 2.39. The standard InChI is InChI=1S/C11H16N6O/c1-7-9(16-5-3-12-4-6-16)10(18)17-11(13-7)14-8(2)15-17/h12H,3-6H2,1-2H3,(H,13,14,15). The van der Waals surface area contributed by atoms with Gasteiger partial charge in [0.2, 0.25) is 5.78 Å². The summed E-state index contributed by atoms with van der Waals surface area (Å²) in [5.74, 6) is 1.11. The Bertz CT molecular complexity index is 637. The first-order valence-corrected chi connectivity index (χ1v) is 6.09. The van der Waals surface area contributed by atoms with Crippen molar-refractivity contribution in [3.63, 3.8) is 0 Å². The first-order chi connectivity index (χ1) is 8.66. The van der Waals surface area contributed by atoms with Crippen LogP contribution in [-0.2, 0) is 0 Å². The van der Waals surface area contributed by atoms with E-state index in [1.807, 2.05) is 6.92 Å². The monoisotopic (exact) mass is 248 g/mol. The zero-order chi connectivity index (χ0) is 12.7. The number of rotatable bonds is 1. The van der Waals surface area contributed by atoms with E-state index < -0.39 is 0 Å². The first-order valence-electron chi connectivity index (χ1n) is 6.09. The van der Waals surface area contributed by atoms with Crippen LogP contribution in [0.25, 0.3) is 5.78 Å². The molecular formula is C11H16N6O. The molecule has 0 radical (unpaired) electrons. The van der Waals surface area contributed by atoms with Gasteiger partial charge in [-0.15, -0.1) is 5.10 Å². The van der Waals surface area contributed by atoms with Gasteiger partial charge >= 0.3 is 0 Å². The number of piperazine rings is 1. The van der Waals surface area contributed by atoms with Crippen LogP contribution in [0.3, 0.4) is 0 Å². The van der Waals surface area contributed by atoms with Crippen LogP contribution >= 0.6 is 0 Å². The Morgan fingerprint density at radius 2 is 1.94 bits per heavy atom. The van der Waals surface area contributed by atoms with Gasteiger partial charge in [0.1, 0.15) is 11.5 Å². The van der Waals surface area contributed by atoms with Gasteiger partial charge in [-0.25, -0.2) is 0 Å². The molecule has 2 N–H and O–H groups in total. The molecule has 0 spiro atoms. The van der Waals surface area contributed by atoms with Crippen molar-refractivity contribution >= 4 is 11.5 Å². The average molecular weight is 248 g/mol. The molecule has 18 heavy (non-hydrogen) atoms. The minimum Gasteiger partial charge on any atom is -0.363 e. The summed E-state index contributed by atoms with van der Waals surface area (Å²) in [5.41, 5.74) is 1.46. The maximum Gasteiger partial charge on any atom is 0.299 e. The number of nitrogens with one attached hydrogen (secondary N) is 2. The molecule has 0 aromatic carbocycles. The van der Waals surface area contributed by atoms with Gasteiger partial charge in [0.05, 0.1) is 0 Å². The van der Waals surface area contributed by atoms with Gasteiger partial charge < -0.3 is 15.2 Å². The molecule has 0 saturated carbocycles. The van der Waals surface area contributed by atoms with Crippen molar-refractivity contribution in [2.45, 2.75) is 13.8 Å². The van der Waals surface area contributed by atoms with Gasteiger partial charge in [0, 0.05) is 31.9 Å². The topological polar surface area (TPSA) is 78.3 Å². The van der Waals surface area contributed by atoms with Crippen molar-refractivity contribution in [2.24, 2.45) is 0 Å². The van der Waals surface area contributed by atoms with Gasteiger partial charge in [-0.2, -0.15) is 9.50 Å². The van der Waals surface area contributed by atoms with E-state index in [0.717, 1.165) is 31.9 Å². The summed E-state index contributed by atoms with van der Waals surface area (Å²) in [7, 11) is 0. The lowest BCUT2D eigenvalue weighted by Crippen LogP contribution is -2.46. The molecule has 1 aliphatic heterocycles. The summed E-state index contributed by atoms with van der Waals surface area (Å²) in [6, 6.07) is 0. The van der Waals surface area contributed by atoms with Gasteiger partial charge in [0.15, 0.2) is 0 Å². The highest BCUT2D eigenvalue weighted by atomic mass is 16.1. The lowest BCUT2D eigenvalue weighted by molar-refractivity contribution is 0.584. The molecule has 1 aliphatic rings. The molecule has 3 rings (SSSR count). The van der Waals surface area contributed by atoms with E-state index >= 15 is 0 Å². The second-order valence-electron chi connectivity index (χ2n) is 4.54. The normalized spacial score (nSPS) is 16.4. The molecule has 2 aromatic heterocycles. The smallest absolute Gasteiger partial charge is 0.299 e. The number of aromatic nitrogens is 4. The Hall–Kier alpha value is -1.89. The molecular weight excluding hydrogens is 232 g/mol. The maximum absolute atomic E-state index is 12.4. The number of hydrogen-bond acceptors (Lipinski definition) is 5. The predicted octanol–water partition coefficient (Wildman–Crippen LogP) is -0.556. The van der Waals surface area contributed by atoms with E-state index in [4.69, 9.17) is 0 Å². The Labute approximate surface area is 104 Å². The number of anilines is 1. The minimum atomic E-state index is -0.0937. The molecule has 0 amide bonds. The number of hydrogen-bond donors (Lipinski definition) is 2. The molecule has 1 saturated heterocycles. The Balaban J connectivity index is 2.18. The highest BCUT2D eigenvalue weighted by Crippen LogP contribution is 2.14. The van der Waals surface area contributed by atoms with Crippen LogP contribution in [0.4, 0.5) is 5.69 Å². The van der Waals surface area contributed by atoms with Gasteiger partial charge in [-0.05, 0) is 13.8 Å². The lowest BCUT2D eigenvalue weighted by atomic mass is 10.3. The van der Waals surface area contributed by atoms with Gasteiger partial charge in [0.25, 0.3) is 5.56 Å². The molecule has 1 fully saturated rings. The average Bonchev–Trinajstić information content (AvgIpc) is 2.71. The Morgan fingerprint density at radius 1 is 1.22 bits per heavy atom. The second-order valence-corrected chi connectivity index (χ2v) is 4.54. The molecule has 96 valence electrons. The van der Waals surface area contributed by atoms with Gasteiger partial charge in [-0.1, -0.05) is 0 Å². The second kappa shape index (κ2) is 4.09. The first kappa shape index (κ1) is 11.2. The van der Waals surface area contributed by atoms with Crippen molar-refractivity contribution in [1.82, 2.24) is 24.9 Å². The summed E-state index contributed by atoms with van der Waals surface area (Å²) in [6.07, 6.45) is 0. The molecule has 0 unspecified atom stereocenters. The van der Waals surface area contributed by atoms with Crippen LogP contribution in [0, 0.1) is 13.8 Å². The van der Waals surface area contributed by atoms with E-state index in [1.54, 1.807) is 6.92 Å². The van der Waals surface area contributed by atoms with E-state index in [0.29, 0.717) is 17.3 Å². The van der Waals surface area contributed by atoms with Crippen LogP contribution in [0.15, 0.2) is 4.79 Å². The number of aryl methyl sites for hydroxylation is 2. The Morgan fingerprint density at radius 3 is 2.67 bits per heavy atom. The van der Waals surface area contributed by atoms with Gasteiger partial charge in [-0.3, -0.25) is 4.79 Å². The summed E-state index contributed by atoms with van der Waals surface area (Å²) >= 11 is 0. The van der Waals surface area contributed by atoms with Crippen molar-refractivity contribution in [2.75, 3.05) is 31.1 Å². The lowest BCUT2D eigenvalue weighted by Gasteiger charge is -2.29. The van der Waals surface area contributed by atoms with E-state index in [9.17, 15) is 4.79 Å². The number of fused-ring (bicyclic) bond motifs is 1. The zero-order valence-corrected chi connectivity index (χ0v) is 10.5. The fourth-order valence-corrected chi connectivity index (χ4v) is 2.39. The van der Waals surface area contributed by atoms with E-state index in [2.05, 4.69) is 25.3 Å². The number of H-pyrrole nitrogens is 1. The van der Waals surface area contributed by atoms with E-state index in [1.165, 1.54) is 4.52 Å². The summed E-state index contributed by atoms with van der Waals surface area (Å²) in [4.78, 5) is 21.9. The highest BCUT2D eigenvalue weighted by molar-refractivity contribution is 5.52. The molecule has 7 nitrogen and oxygen atoms in total. The largest absolute Gasteiger partial charge is 0.363 e. The third-order valence-corrected chi connectivity index (χ3v) is 3.20. The van der Waals surface area contributed by atoms with Crippen LogP contribution in [0.5, 0.6) is 0 Å². The molecule has 7 heteroatoms. The molecule has 0 bridgehead atoms. The highest BCUT2D eigenvalue weighted by Gasteiger charge is 2.19. The van der Waals surface area contributed by atoms with Crippen LogP contribution in [-0.4, -0.2) is 45.8 Å². The maximum atomic E-state index is 12.4. The molecule has 0 aliphatic carbocycles. The summed E-state index contributed by atoms with van der Waals surface area (Å²) < 4.78 is 1.35. The van der Waals surface area contributed by atoms with E-state index in [-0.39, 0.29) is 5.56 Å². The minimum absolute atomic E-state index is 0.0937. The third-order valence-electron chi connectivity index (χ3n) is 3.20. The van der Waals surface area contributed by atoms with Crippen molar-refractivity contribution in [3.05, 3.63) is 21.9 Å². The summed E-state index contributed by atoms with van der Waals surface area (Å²) in [6.45, 7) is 7.15. The van der Waals surface area contributed by atoms with Crippen LogP contribution in [0.1, 0.15) is 11.5 Å². The SMILES string of the molecule is Cc1nc2[nH]c(C)c(N3CCNCC3)c(=O)n2n1. The Kier molecular flexibility index (Phi) is 2.55. The van der Waals surface area contributed by atoms with Crippen molar-refractivity contribution < 1.29 is 0 Å². The third kappa shape index (κ3) is 1.67. The predicted molar refractivity (Wildman–Crippen MR) is 68.2 cm³/mol. The molecule has 2 aromatic rings.